The average Bonchev–Trinajstić information content (AvgIpc) is 0.722. The van der Waals surface area contributed by atoms with E-state index < -0.39 is 9.05 Å². The zero-order valence-corrected chi connectivity index (χ0v) is 8.42. The maximum absolute atomic E-state index is 7.33. The van der Waals surface area contributed by atoms with Crippen molar-refractivity contribution >= 4 is 26.4 Å². The zero-order chi connectivity index (χ0) is 4.50. The van der Waals surface area contributed by atoms with Crippen LogP contribution in [0.1, 0.15) is 0 Å². The molecule has 9 heavy (non-hydrogen) atoms. The van der Waals surface area contributed by atoms with E-state index in [-0.39, 0.29) is 54.6 Å². The Morgan fingerprint density at radius 3 is 0.667 bits per heavy atom. The third-order valence-electron chi connectivity index (χ3n) is 0. The van der Waals surface area contributed by atoms with Crippen LogP contribution in [0.5, 0.6) is 0 Å². The zero-order valence-electron chi connectivity index (χ0n) is 4.00. The maximum Gasteiger partial charge on any atom is 3.00 e. The molecule has 0 aliphatic carbocycles. The molecule has 0 atom stereocenters. The molecule has 4 N–H and O–H groups in total. The van der Waals surface area contributed by atoms with Crippen molar-refractivity contribution in [3.63, 3.8) is 0 Å². The van der Waals surface area contributed by atoms with Gasteiger partial charge in [-0.1, -0.05) is 0 Å². The molecule has 0 saturated heterocycles. The van der Waals surface area contributed by atoms with Gasteiger partial charge in [-0.2, -0.15) is 0 Å². The summed E-state index contributed by atoms with van der Waals surface area (Å²) in [5, 5.41) is 0. The first-order valence-corrected chi connectivity index (χ1v) is 2.68. The minimum atomic E-state index is -4.61. The van der Waals surface area contributed by atoms with Crippen molar-refractivity contribution in [3.8, 4) is 0 Å². The van der Waals surface area contributed by atoms with Crippen molar-refractivity contribution < 1.29 is 56.4 Å². The first kappa shape index (κ1) is 31.4. The van der Waals surface area contributed by atoms with E-state index in [1.54, 1.807) is 0 Å². The Labute approximate surface area is 82.8 Å². The van der Waals surface area contributed by atoms with E-state index >= 15 is 0 Å². The van der Waals surface area contributed by atoms with E-state index in [1.165, 1.54) is 0 Å². The van der Waals surface area contributed by atoms with Crippen molar-refractivity contribution in [2.75, 3.05) is 0 Å². The van der Waals surface area contributed by atoms with Crippen molar-refractivity contribution in [3.05, 3.63) is 0 Å². The molecule has 0 aromatic heterocycles. The summed E-state index contributed by atoms with van der Waals surface area (Å²) in [7, 11) is -4.61. The Kier molecular flexibility index (Phi) is 42.4. The molecule has 0 aliphatic rings. The van der Waals surface area contributed by atoms with Gasteiger partial charge in [0.25, 0.3) is 0 Å². The number of rotatable bonds is 0. The summed E-state index contributed by atoms with van der Waals surface area (Å²) in [6, 6.07) is 0. The summed E-state index contributed by atoms with van der Waals surface area (Å²) >= 11 is 0. The molecule has 0 aromatic rings. The van der Waals surface area contributed by atoms with Gasteiger partial charge in [0.1, 0.15) is 0 Å². The van der Waals surface area contributed by atoms with Gasteiger partial charge in [0.05, 0.1) is 0 Å². The molecule has 0 radical (unpaired) electrons. The standard InChI is InChI=1S/Al.3ClH.H4O4Si/c;;;;1-5(2,3)4/h;3*1H;1-4H/q+3;;;;/p-3. The van der Waals surface area contributed by atoms with Crippen LogP contribution in [0.25, 0.3) is 0 Å². The number of hydrogen-bond donors (Lipinski definition) is 4. The minimum Gasteiger partial charge on any atom is -1.00 e. The predicted octanol–water partition coefficient (Wildman–Crippen LogP) is -12.0. The quantitative estimate of drug-likeness (QED) is 0.311. The maximum atomic E-state index is 7.33. The van der Waals surface area contributed by atoms with Crippen LogP contribution in [0.4, 0.5) is 0 Å². The van der Waals surface area contributed by atoms with E-state index in [1.807, 2.05) is 0 Å². The molecule has 0 saturated carbocycles. The van der Waals surface area contributed by atoms with Gasteiger partial charge in [-0.15, -0.1) is 0 Å². The monoisotopic (exact) mass is 228 g/mol. The topological polar surface area (TPSA) is 80.9 Å². The van der Waals surface area contributed by atoms with Gasteiger partial charge in [0, 0.05) is 0 Å². The van der Waals surface area contributed by atoms with Gasteiger partial charge >= 0.3 is 26.4 Å². The normalized spacial score (nSPS) is 6.67. The molecule has 9 heteroatoms. The van der Waals surface area contributed by atoms with Crippen molar-refractivity contribution in [2.24, 2.45) is 0 Å². The summed E-state index contributed by atoms with van der Waals surface area (Å²) in [5.41, 5.74) is 0. The van der Waals surface area contributed by atoms with E-state index in [2.05, 4.69) is 0 Å². The van der Waals surface area contributed by atoms with Gasteiger partial charge in [-0.3, -0.25) is 0 Å². The van der Waals surface area contributed by atoms with Crippen LogP contribution in [0.15, 0.2) is 0 Å². The van der Waals surface area contributed by atoms with Crippen LogP contribution in [0.3, 0.4) is 0 Å². The summed E-state index contributed by atoms with van der Waals surface area (Å²) in [6.07, 6.45) is 0. The van der Waals surface area contributed by atoms with E-state index in [4.69, 9.17) is 19.2 Å². The van der Waals surface area contributed by atoms with Crippen molar-refractivity contribution in [1.82, 2.24) is 0 Å². The summed E-state index contributed by atoms with van der Waals surface area (Å²) < 4.78 is 0. The van der Waals surface area contributed by atoms with E-state index in [0.717, 1.165) is 0 Å². The molecular formula is H4AlCl3O4Si. The van der Waals surface area contributed by atoms with Gasteiger partial charge in [0.2, 0.25) is 0 Å². The van der Waals surface area contributed by atoms with Crippen LogP contribution in [-0.4, -0.2) is 45.6 Å². The van der Waals surface area contributed by atoms with Gasteiger partial charge in [-0.05, 0) is 0 Å². The molecule has 0 unspecified atom stereocenters. The second-order valence-electron chi connectivity index (χ2n) is 0.600. The average molecular weight is 229 g/mol. The molecule has 4 nitrogen and oxygen atoms in total. The fourth-order valence-corrected chi connectivity index (χ4v) is 0. The molecule has 0 aromatic carbocycles. The molecule has 0 rings (SSSR count). The Bertz CT molecular complexity index is 31.3. The molecule has 56 valence electrons. The van der Waals surface area contributed by atoms with E-state index in [0.29, 0.717) is 0 Å². The number of halogens is 3. The van der Waals surface area contributed by atoms with Crippen LogP contribution in [0.2, 0.25) is 0 Å². The van der Waals surface area contributed by atoms with Crippen LogP contribution < -0.4 is 37.2 Å². The Morgan fingerprint density at radius 2 is 0.667 bits per heavy atom. The predicted molar refractivity (Wildman–Crippen MR) is 20.4 cm³/mol. The fraction of sp³-hybridized carbons (Fsp3) is 0. The SMILES string of the molecule is O[Si](O)(O)O.[Al+3].[Cl-].[Cl-].[Cl-]. The van der Waals surface area contributed by atoms with Crippen molar-refractivity contribution in [1.29, 1.82) is 0 Å². The van der Waals surface area contributed by atoms with Crippen molar-refractivity contribution in [2.45, 2.75) is 0 Å². The van der Waals surface area contributed by atoms with Crippen LogP contribution >= 0.6 is 0 Å². The van der Waals surface area contributed by atoms with Crippen LogP contribution in [0, 0.1) is 0 Å². The Morgan fingerprint density at radius 1 is 0.667 bits per heavy atom. The number of hydrogen-bond acceptors (Lipinski definition) is 4. The first-order valence-electron chi connectivity index (χ1n) is 0.894. The van der Waals surface area contributed by atoms with E-state index in [9.17, 15) is 0 Å². The molecule has 0 aliphatic heterocycles. The molecule has 0 heterocycles. The van der Waals surface area contributed by atoms with Gasteiger partial charge < -0.3 is 56.4 Å². The molecule has 0 bridgehead atoms. The molecule has 0 fully saturated rings. The first-order chi connectivity index (χ1) is 2.00. The second kappa shape index (κ2) is 12.2. The molecular weight excluding hydrogens is 225 g/mol. The third kappa shape index (κ3) is 247. The molecule has 0 amide bonds. The van der Waals surface area contributed by atoms with Gasteiger partial charge in [-0.25, -0.2) is 0 Å². The summed E-state index contributed by atoms with van der Waals surface area (Å²) in [5.74, 6) is 0. The largest absolute Gasteiger partial charge is 3.00 e. The Hall–Kier alpha value is 1.46. The van der Waals surface area contributed by atoms with Gasteiger partial charge in [0.15, 0.2) is 0 Å². The third-order valence-corrected chi connectivity index (χ3v) is 0. The molecule has 0 spiro atoms. The summed E-state index contributed by atoms with van der Waals surface area (Å²) in [4.78, 5) is 29.3. The second-order valence-corrected chi connectivity index (χ2v) is 1.80. The minimum absolute atomic E-state index is 0. The Balaban J connectivity index is -0.0000000133. The van der Waals surface area contributed by atoms with Crippen LogP contribution in [-0.2, 0) is 0 Å². The smallest absolute Gasteiger partial charge is 1.00 e. The fourth-order valence-electron chi connectivity index (χ4n) is 0. The summed E-state index contributed by atoms with van der Waals surface area (Å²) in [6.45, 7) is 0.